The average Bonchev–Trinajstić information content (AvgIpc) is 3.25. The maximum atomic E-state index is 14.2. The standard InChI is InChI=1S/C24H26FN3O3/c1-12(2)28-24-17(11-26-28)14(4)16(15(5)27-24)6-9-21(30)31-20-8-7-18(25)22-13(3)10-19(29)23(20)22/h7-8,11-13H,6,9-10H2,1-5H3/t13-/m1/s1. The molecule has 2 heterocycles. The first-order chi connectivity index (χ1) is 14.7. The van der Waals surface area contributed by atoms with Gasteiger partial charge in [0.25, 0.3) is 0 Å². The summed E-state index contributed by atoms with van der Waals surface area (Å²) >= 11 is 0. The van der Waals surface area contributed by atoms with Gasteiger partial charge in [-0.25, -0.2) is 14.1 Å². The summed E-state index contributed by atoms with van der Waals surface area (Å²) in [5.74, 6) is -1.14. The lowest BCUT2D eigenvalue weighted by atomic mass is 10.0. The Balaban J connectivity index is 1.54. The third-order valence-corrected chi connectivity index (χ3v) is 6.05. The number of halogens is 1. The molecule has 7 heteroatoms. The molecule has 0 unspecified atom stereocenters. The molecule has 0 amide bonds. The number of aryl methyl sites for hydroxylation is 2. The molecule has 1 aromatic carbocycles. The highest BCUT2D eigenvalue weighted by atomic mass is 19.1. The minimum Gasteiger partial charge on any atom is -0.426 e. The summed E-state index contributed by atoms with van der Waals surface area (Å²) in [6, 6.07) is 2.83. The average molecular weight is 423 g/mol. The second-order valence-electron chi connectivity index (χ2n) is 8.56. The second-order valence-corrected chi connectivity index (χ2v) is 8.56. The largest absolute Gasteiger partial charge is 0.426 e. The summed E-state index contributed by atoms with van der Waals surface area (Å²) in [4.78, 5) is 29.6. The topological polar surface area (TPSA) is 74.1 Å². The number of rotatable bonds is 5. The summed E-state index contributed by atoms with van der Waals surface area (Å²) in [6.45, 7) is 9.85. The molecule has 1 aliphatic rings. The van der Waals surface area contributed by atoms with E-state index in [1.165, 1.54) is 12.1 Å². The zero-order chi connectivity index (χ0) is 22.4. The van der Waals surface area contributed by atoms with E-state index in [1.54, 1.807) is 6.92 Å². The van der Waals surface area contributed by atoms with E-state index in [-0.39, 0.29) is 41.9 Å². The number of ketones is 1. The molecule has 0 saturated heterocycles. The van der Waals surface area contributed by atoms with Crippen LogP contribution in [0.4, 0.5) is 4.39 Å². The minimum atomic E-state index is -0.460. The number of carbonyl (C=O) groups excluding carboxylic acids is 2. The number of nitrogens with zero attached hydrogens (tertiary/aromatic N) is 3. The van der Waals surface area contributed by atoms with E-state index in [0.29, 0.717) is 12.0 Å². The Bertz CT molecular complexity index is 1210. The third kappa shape index (κ3) is 3.62. The van der Waals surface area contributed by atoms with Crippen LogP contribution in [0.2, 0.25) is 0 Å². The van der Waals surface area contributed by atoms with Crippen molar-refractivity contribution < 1.29 is 18.7 Å². The maximum absolute atomic E-state index is 14.2. The number of carbonyl (C=O) groups is 2. The molecular formula is C24H26FN3O3. The summed E-state index contributed by atoms with van der Waals surface area (Å²) < 4.78 is 21.5. The highest BCUT2D eigenvalue weighted by Gasteiger charge is 2.33. The number of hydrogen-bond acceptors (Lipinski definition) is 5. The first-order valence-corrected chi connectivity index (χ1v) is 10.6. The molecule has 0 aliphatic heterocycles. The van der Waals surface area contributed by atoms with Gasteiger partial charge in [0.1, 0.15) is 11.6 Å². The predicted molar refractivity (Wildman–Crippen MR) is 115 cm³/mol. The second kappa shape index (κ2) is 7.87. The van der Waals surface area contributed by atoms with E-state index in [9.17, 15) is 14.0 Å². The van der Waals surface area contributed by atoms with Crippen LogP contribution in [0.15, 0.2) is 18.3 Å². The lowest BCUT2D eigenvalue weighted by Crippen LogP contribution is -2.13. The molecule has 6 nitrogen and oxygen atoms in total. The fraction of sp³-hybridized carbons (Fsp3) is 0.417. The van der Waals surface area contributed by atoms with Crippen LogP contribution in [-0.4, -0.2) is 26.5 Å². The van der Waals surface area contributed by atoms with Gasteiger partial charge in [0.15, 0.2) is 11.4 Å². The first-order valence-electron chi connectivity index (χ1n) is 10.6. The van der Waals surface area contributed by atoms with Crippen LogP contribution >= 0.6 is 0 Å². The van der Waals surface area contributed by atoms with Gasteiger partial charge in [-0.3, -0.25) is 9.59 Å². The van der Waals surface area contributed by atoms with Crippen LogP contribution in [0.5, 0.6) is 5.75 Å². The fourth-order valence-corrected chi connectivity index (χ4v) is 4.45. The highest BCUT2D eigenvalue weighted by Crippen LogP contribution is 2.40. The number of aromatic nitrogens is 3. The monoisotopic (exact) mass is 423 g/mol. The lowest BCUT2D eigenvalue weighted by Gasteiger charge is -2.13. The van der Waals surface area contributed by atoms with Gasteiger partial charge >= 0.3 is 5.97 Å². The number of benzene rings is 1. The first kappa shape index (κ1) is 21.2. The Morgan fingerprint density at radius 3 is 2.77 bits per heavy atom. The molecule has 0 N–H and O–H groups in total. The van der Waals surface area contributed by atoms with Gasteiger partial charge in [-0.05, 0) is 63.3 Å². The molecule has 0 fully saturated rings. The van der Waals surface area contributed by atoms with E-state index >= 15 is 0 Å². The van der Waals surface area contributed by atoms with Crippen LogP contribution in [0.3, 0.4) is 0 Å². The molecule has 0 bridgehead atoms. The van der Waals surface area contributed by atoms with E-state index in [0.717, 1.165) is 27.9 Å². The summed E-state index contributed by atoms with van der Waals surface area (Å²) in [7, 11) is 0. The summed E-state index contributed by atoms with van der Waals surface area (Å²) in [6.07, 6.45) is 2.63. The maximum Gasteiger partial charge on any atom is 0.311 e. The van der Waals surface area contributed by atoms with E-state index in [1.807, 2.05) is 24.7 Å². The number of hydrogen-bond donors (Lipinski definition) is 0. The van der Waals surface area contributed by atoms with Crippen LogP contribution in [0.1, 0.15) is 78.3 Å². The minimum absolute atomic E-state index is 0.128. The SMILES string of the molecule is Cc1nc2c(cnn2C(C)C)c(C)c1CCC(=O)Oc1ccc(F)c2c1C(=O)C[C@H]2C. The Labute approximate surface area is 180 Å². The molecule has 1 atom stereocenters. The van der Waals surface area contributed by atoms with Crippen molar-refractivity contribution in [1.82, 2.24) is 14.8 Å². The van der Waals surface area contributed by atoms with Gasteiger partial charge in [0, 0.05) is 29.1 Å². The normalized spacial score (nSPS) is 15.7. The zero-order valence-electron chi connectivity index (χ0n) is 18.5. The number of ether oxygens (including phenoxy) is 1. The van der Waals surface area contributed by atoms with Crippen molar-refractivity contribution in [1.29, 1.82) is 0 Å². The van der Waals surface area contributed by atoms with Crippen molar-refractivity contribution in [3.05, 3.63) is 52.1 Å². The molecule has 162 valence electrons. The highest BCUT2D eigenvalue weighted by molar-refractivity contribution is 6.04. The smallest absolute Gasteiger partial charge is 0.311 e. The van der Waals surface area contributed by atoms with Crippen molar-refractivity contribution in [3.8, 4) is 5.75 Å². The Kier molecular flexibility index (Phi) is 5.37. The van der Waals surface area contributed by atoms with Crippen molar-refractivity contribution in [3.63, 3.8) is 0 Å². The van der Waals surface area contributed by atoms with Gasteiger partial charge in [0.05, 0.1) is 18.2 Å². The summed E-state index contributed by atoms with van der Waals surface area (Å²) in [5.41, 5.74) is 4.28. The molecular weight excluding hydrogens is 397 g/mol. The van der Waals surface area contributed by atoms with Gasteiger partial charge < -0.3 is 4.74 Å². The van der Waals surface area contributed by atoms with Gasteiger partial charge in [-0.15, -0.1) is 0 Å². The molecule has 4 rings (SSSR count). The van der Waals surface area contributed by atoms with Gasteiger partial charge in [-0.2, -0.15) is 5.10 Å². The molecule has 0 spiro atoms. The van der Waals surface area contributed by atoms with Gasteiger partial charge in [-0.1, -0.05) is 6.92 Å². The molecule has 1 aliphatic carbocycles. The van der Waals surface area contributed by atoms with E-state index in [2.05, 4.69) is 18.9 Å². The molecule has 0 radical (unpaired) electrons. The van der Waals surface area contributed by atoms with Gasteiger partial charge in [0.2, 0.25) is 0 Å². The van der Waals surface area contributed by atoms with Crippen molar-refractivity contribution in [2.75, 3.05) is 0 Å². The Morgan fingerprint density at radius 1 is 1.32 bits per heavy atom. The third-order valence-electron chi connectivity index (χ3n) is 6.05. The Hall–Kier alpha value is -3.09. The van der Waals surface area contributed by atoms with Crippen molar-refractivity contribution in [2.24, 2.45) is 0 Å². The number of pyridine rings is 1. The molecule has 3 aromatic rings. The molecule has 2 aromatic heterocycles. The zero-order valence-corrected chi connectivity index (χ0v) is 18.5. The van der Waals surface area contributed by atoms with Crippen LogP contribution < -0.4 is 4.74 Å². The number of fused-ring (bicyclic) bond motifs is 2. The Morgan fingerprint density at radius 2 is 2.06 bits per heavy atom. The molecule has 31 heavy (non-hydrogen) atoms. The van der Waals surface area contributed by atoms with E-state index < -0.39 is 11.8 Å². The quantitative estimate of drug-likeness (QED) is 0.427. The van der Waals surface area contributed by atoms with Crippen LogP contribution in [-0.2, 0) is 11.2 Å². The molecule has 0 saturated carbocycles. The predicted octanol–water partition coefficient (Wildman–Crippen LogP) is 5.00. The fourth-order valence-electron chi connectivity index (χ4n) is 4.45. The lowest BCUT2D eigenvalue weighted by molar-refractivity contribution is -0.134. The van der Waals surface area contributed by atoms with Crippen LogP contribution in [0.25, 0.3) is 11.0 Å². The number of esters is 1. The number of Topliss-reactive ketones (excluding diaryl/α,β-unsaturated/α-hetero) is 1. The van der Waals surface area contributed by atoms with Crippen molar-refractivity contribution >= 4 is 22.8 Å². The van der Waals surface area contributed by atoms with Crippen LogP contribution in [0, 0.1) is 19.7 Å². The van der Waals surface area contributed by atoms with Crippen molar-refractivity contribution in [2.45, 2.75) is 65.8 Å². The van der Waals surface area contributed by atoms with E-state index in [4.69, 9.17) is 9.72 Å². The summed E-state index contributed by atoms with van der Waals surface area (Å²) in [5, 5.41) is 5.41.